The van der Waals surface area contributed by atoms with Crippen molar-refractivity contribution >= 4 is 11.6 Å². The standard InChI is InChI=1S/C19H21FN4O/c20-16-4-6-17(7-5-16)24-14-15-2-8-18(9-3-15)25-13-1-10-21-19-22-11-12-23-19/h2-9,11-12,24H,1,10,13-14H2,(H2,21,22,23). The largest absolute Gasteiger partial charge is 0.494 e. The zero-order chi connectivity index (χ0) is 17.3. The molecule has 0 fully saturated rings. The predicted molar refractivity (Wildman–Crippen MR) is 97.4 cm³/mol. The number of H-pyrrole nitrogens is 1. The number of halogens is 1. The first-order valence-electron chi connectivity index (χ1n) is 8.24. The van der Waals surface area contributed by atoms with Crippen molar-refractivity contribution in [2.75, 3.05) is 23.8 Å². The highest BCUT2D eigenvalue weighted by molar-refractivity contribution is 5.43. The van der Waals surface area contributed by atoms with E-state index in [0.717, 1.165) is 35.9 Å². The molecule has 3 N–H and O–H groups in total. The number of imidazole rings is 1. The van der Waals surface area contributed by atoms with Crippen molar-refractivity contribution < 1.29 is 9.13 Å². The number of hydrogen-bond acceptors (Lipinski definition) is 4. The minimum absolute atomic E-state index is 0.230. The Morgan fingerprint density at radius 1 is 1.00 bits per heavy atom. The fourth-order valence-corrected chi connectivity index (χ4v) is 2.31. The molecule has 0 radical (unpaired) electrons. The summed E-state index contributed by atoms with van der Waals surface area (Å²) in [5.41, 5.74) is 2.03. The maximum absolute atomic E-state index is 12.9. The Balaban J connectivity index is 1.36. The summed E-state index contributed by atoms with van der Waals surface area (Å²) in [6, 6.07) is 14.3. The Labute approximate surface area is 146 Å². The molecule has 5 nitrogen and oxygen atoms in total. The van der Waals surface area contributed by atoms with Gasteiger partial charge in [-0.05, 0) is 48.4 Å². The average Bonchev–Trinajstić information content (AvgIpc) is 3.15. The van der Waals surface area contributed by atoms with Crippen LogP contribution >= 0.6 is 0 Å². The van der Waals surface area contributed by atoms with Crippen molar-refractivity contribution in [2.24, 2.45) is 0 Å². The lowest BCUT2D eigenvalue weighted by molar-refractivity contribution is 0.315. The molecule has 25 heavy (non-hydrogen) atoms. The second-order valence-corrected chi connectivity index (χ2v) is 5.57. The van der Waals surface area contributed by atoms with Gasteiger partial charge in [-0.1, -0.05) is 12.1 Å². The lowest BCUT2D eigenvalue weighted by Crippen LogP contribution is -2.08. The van der Waals surface area contributed by atoms with Gasteiger partial charge in [0, 0.05) is 31.2 Å². The topological polar surface area (TPSA) is 62.0 Å². The molecule has 3 rings (SSSR count). The molecule has 3 aromatic rings. The van der Waals surface area contributed by atoms with Crippen LogP contribution in [0.4, 0.5) is 16.0 Å². The van der Waals surface area contributed by atoms with Gasteiger partial charge in [-0.3, -0.25) is 0 Å². The highest BCUT2D eigenvalue weighted by Gasteiger charge is 1.98. The highest BCUT2D eigenvalue weighted by Crippen LogP contribution is 2.15. The molecular weight excluding hydrogens is 319 g/mol. The van der Waals surface area contributed by atoms with Gasteiger partial charge >= 0.3 is 0 Å². The number of nitrogens with one attached hydrogen (secondary N) is 3. The SMILES string of the molecule is Fc1ccc(NCc2ccc(OCCCNc3ncc[nH]3)cc2)cc1. The normalized spacial score (nSPS) is 10.4. The molecule has 0 spiro atoms. The molecule has 0 unspecified atom stereocenters. The molecule has 130 valence electrons. The predicted octanol–water partition coefficient (Wildman–Crippen LogP) is 4.04. The van der Waals surface area contributed by atoms with Gasteiger partial charge in [-0.15, -0.1) is 0 Å². The summed E-state index contributed by atoms with van der Waals surface area (Å²) < 4.78 is 18.6. The fraction of sp³-hybridized carbons (Fsp3) is 0.211. The van der Waals surface area contributed by atoms with Crippen LogP contribution in [0.25, 0.3) is 0 Å². The Morgan fingerprint density at radius 3 is 2.52 bits per heavy atom. The Bertz CT molecular complexity index is 742. The summed E-state index contributed by atoms with van der Waals surface area (Å²) in [5.74, 6) is 1.40. The minimum atomic E-state index is -0.230. The smallest absolute Gasteiger partial charge is 0.200 e. The number of aromatic nitrogens is 2. The lowest BCUT2D eigenvalue weighted by atomic mass is 10.2. The van der Waals surface area contributed by atoms with Crippen molar-refractivity contribution in [3.8, 4) is 5.75 Å². The second kappa shape index (κ2) is 8.73. The summed E-state index contributed by atoms with van der Waals surface area (Å²) >= 11 is 0. The second-order valence-electron chi connectivity index (χ2n) is 5.57. The Hall–Kier alpha value is -3.02. The molecule has 0 saturated carbocycles. The minimum Gasteiger partial charge on any atom is -0.494 e. The van der Waals surface area contributed by atoms with Gasteiger partial charge in [-0.2, -0.15) is 0 Å². The number of hydrogen-bond donors (Lipinski definition) is 3. The number of anilines is 2. The third kappa shape index (κ3) is 5.53. The molecule has 0 amide bonds. The first kappa shape index (κ1) is 16.8. The number of rotatable bonds is 9. The van der Waals surface area contributed by atoms with Gasteiger partial charge in [0.25, 0.3) is 0 Å². The van der Waals surface area contributed by atoms with Crippen LogP contribution in [-0.2, 0) is 6.54 Å². The van der Waals surface area contributed by atoms with Crippen molar-refractivity contribution in [1.82, 2.24) is 9.97 Å². The van der Waals surface area contributed by atoms with E-state index in [0.29, 0.717) is 13.2 Å². The molecule has 0 bridgehead atoms. The maximum Gasteiger partial charge on any atom is 0.200 e. The molecule has 0 aliphatic rings. The quantitative estimate of drug-likeness (QED) is 0.515. The van der Waals surface area contributed by atoms with E-state index in [1.807, 2.05) is 24.3 Å². The van der Waals surface area contributed by atoms with Gasteiger partial charge in [-0.25, -0.2) is 9.37 Å². The third-order valence-corrected chi connectivity index (χ3v) is 3.64. The summed E-state index contributed by atoms with van der Waals surface area (Å²) in [6.07, 6.45) is 4.38. The monoisotopic (exact) mass is 340 g/mol. The van der Waals surface area contributed by atoms with Crippen molar-refractivity contribution in [3.05, 3.63) is 72.3 Å². The maximum atomic E-state index is 12.9. The van der Waals surface area contributed by atoms with E-state index in [1.54, 1.807) is 24.5 Å². The fourth-order valence-electron chi connectivity index (χ4n) is 2.31. The third-order valence-electron chi connectivity index (χ3n) is 3.64. The van der Waals surface area contributed by atoms with Gasteiger partial charge in [0.1, 0.15) is 11.6 Å². The molecule has 1 heterocycles. The van der Waals surface area contributed by atoms with Crippen LogP contribution in [0.15, 0.2) is 60.9 Å². The van der Waals surface area contributed by atoms with Crippen molar-refractivity contribution in [2.45, 2.75) is 13.0 Å². The van der Waals surface area contributed by atoms with E-state index >= 15 is 0 Å². The van der Waals surface area contributed by atoms with E-state index in [9.17, 15) is 4.39 Å². The van der Waals surface area contributed by atoms with Gasteiger partial charge in [0.2, 0.25) is 0 Å². The van der Waals surface area contributed by atoms with Gasteiger partial charge in [0.15, 0.2) is 5.95 Å². The number of benzene rings is 2. The van der Waals surface area contributed by atoms with Gasteiger partial charge < -0.3 is 20.4 Å². The van der Waals surface area contributed by atoms with E-state index in [4.69, 9.17) is 4.74 Å². The van der Waals surface area contributed by atoms with Crippen LogP contribution in [0.3, 0.4) is 0 Å². The average molecular weight is 340 g/mol. The molecule has 2 aromatic carbocycles. The Morgan fingerprint density at radius 2 is 1.80 bits per heavy atom. The van der Waals surface area contributed by atoms with Crippen molar-refractivity contribution in [3.63, 3.8) is 0 Å². The van der Waals surface area contributed by atoms with Crippen LogP contribution in [0.2, 0.25) is 0 Å². The molecule has 0 atom stereocenters. The van der Waals surface area contributed by atoms with Gasteiger partial charge in [0.05, 0.1) is 6.61 Å². The van der Waals surface area contributed by atoms with Crippen molar-refractivity contribution in [1.29, 1.82) is 0 Å². The summed E-state index contributed by atoms with van der Waals surface area (Å²) in [5, 5.41) is 6.43. The number of aromatic amines is 1. The summed E-state index contributed by atoms with van der Waals surface area (Å²) in [7, 11) is 0. The van der Waals surface area contributed by atoms with Crippen LogP contribution in [-0.4, -0.2) is 23.1 Å². The van der Waals surface area contributed by atoms with E-state index in [2.05, 4.69) is 20.6 Å². The highest BCUT2D eigenvalue weighted by atomic mass is 19.1. The molecule has 0 aliphatic carbocycles. The summed E-state index contributed by atoms with van der Waals surface area (Å²) in [6.45, 7) is 2.12. The van der Waals surface area contributed by atoms with Crippen LogP contribution in [0.1, 0.15) is 12.0 Å². The molecule has 1 aromatic heterocycles. The lowest BCUT2D eigenvalue weighted by Gasteiger charge is -2.09. The first-order valence-corrected chi connectivity index (χ1v) is 8.24. The zero-order valence-corrected chi connectivity index (χ0v) is 13.8. The molecular formula is C19H21FN4O. The molecule has 0 saturated heterocycles. The Kier molecular flexibility index (Phi) is 5.87. The molecule has 0 aliphatic heterocycles. The summed E-state index contributed by atoms with van der Waals surface area (Å²) in [4.78, 5) is 7.08. The van der Waals surface area contributed by atoms with E-state index in [-0.39, 0.29) is 5.82 Å². The number of ether oxygens (including phenoxy) is 1. The van der Waals surface area contributed by atoms with Crippen LogP contribution in [0.5, 0.6) is 5.75 Å². The zero-order valence-electron chi connectivity index (χ0n) is 13.8. The van der Waals surface area contributed by atoms with E-state index < -0.39 is 0 Å². The van der Waals surface area contributed by atoms with Crippen LogP contribution < -0.4 is 15.4 Å². The first-order chi connectivity index (χ1) is 12.3. The van der Waals surface area contributed by atoms with E-state index in [1.165, 1.54) is 12.1 Å². The van der Waals surface area contributed by atoms with Crippen LogP contribution in [0, 0.1) is 5.82 Å². The molecule has 6 heteroatoms. The number of nitrogens with zero attached hydrogens (tertiary/aromatic N) is 1.